The SMILES string of the molecule is CC(C)(F)COCc1ccc(C(F)(F)F)cc1. The molecule has 0 spiro atoms. The van der Waals surface area contributed by atoms with Crippen molar-refractivity contribution in [1.82, 2.24) is 0 Å². The predicted octanol–water partition coefficient (Wildman–Crippen LogP) is 3.97. The Labute approximate surface area is 97.4 Å². The van der Waals surface area contributed by atoms with Gasteiger partial charge in [0.25, 0.3) is 0 Å². The normalized spacial score (nSPS) is 12.8. The van der Waals surface area contributed by atoms with Crippen LogP contribution in [0.3, 0.4) is 0 Å². The molecule has 0 unspecified atom stereocenters. The van der Waals surface area contributed by atoms with Crippen LogP contribution in [0.2, 0.25) is 0 Å². The third kappa shape index (κ3) is 5.17. The Morgan fingerprint density at radius 3 is 1.94 bits per heavy atom. The largest absolute Gasteiger partial charge is 0.416 e. The van der Waals surface area contributed by atoms with Crippen LogP contribution in [-0.4, -0.2) is 12.3 Å². The smallest absolute Gasteiger partial charge is 0.373 e. The van der Waals surface area contributed by atoms with E-state index in [4.69, 9.17) is 4.74 Å². The zero-order valence-electron chi connectivity index (χ0n) is 9.64. The molecule has 0 heterocycles. The number of hydrogen-bond acceptors (Lipinski definition) is 1. The molecule has 1 nitrogen and oxygen atoms in total. The summed E-state index contributed by atoms with van der Waals surface area (Å²) in [7, 11) is 0. The minimum atomic E-state index is -4.33. The summed E-state index contributed by atoms with van der Waals surface area (Å²) in [5, 5.41) is 0. The Hall–Kier alpha value is -1.10. The highest BCUT2D eigenvalue weighted by Crippen LogP contribution is 2.29. The van der Waals surface area contributed by atoms with E-state index in [9.17, 15) is 17.6 Å². The molecule has 5 heteroatoms. The molecule has 1 aromatic rings. The van der Waals surface area contributed by atoms with Crippen LogP contribution in [0.5, 0.6) is 0 Å². The van der Waals surface area contributed by atoms with E-state index in [-0.39, 0.29) is 13.2 Å². The van der Waals surface area contributed by atoms with Gasteiger partial charge in [0.1, 0.15) is 5.67 Å². The summed E-state index contributed by atoms with van der Waals surface area (Å²) in [6.45, 7) is 2.76. The molecule has 0 amide bonds. The molecular weight excluding hydrogens is 236 g/mol. The van der Waals surface area contributed by atoms with Gasteiger partial charge in [-0.1, -0.05) is 12.1 Å². The third-order valence-corrected chi connectivity index (χ3v) is 2.00. The van der Waals surface area contributed by atoms with Crippen LogP contribution in [0.15, 0.2) is 24.3 Å². The summed E-state index contributed by atoms with van der Waals surface area (Å²) in [4.78, 5) is 0. The Bertz CT molecular complexity index is 348. The minimum absolute atomic E-state index is 0.0893. The maximum absolute atomic E-state index is 13.0. The van der Waals surface area contributed by atoms with Crippen molar-refractivity contribution in [2.24, 2.45) is 0 Å². The van der Waals surface area contributed by atoms with Crippen molar-refractivity contribution in [2.75, 3.05) is 6.61 Å². The van der Waals surface area contributed by atoms with Crippen LogP contribution in [0.4, 0.5) is 17.6 Å². The summed E-state index contributed by atoms with van der Waals surface area (Å²) in [6, 6.07) is 4.63. The number of hydrogen-bond donors (Lipinski definition) is 0. The quantitative estimate of drug-likeness (QED) is 0.735. The average Bonchev–Trinajstić information content (AvgIpc) is 2.15. The van der Waals surface area contributed by atoms with Gasteiger partial charge in [-0.2, -0.15) is 13.2 Å². The van der Waals surface area contributed by atoms with Gasteiger partial charge < -0.3 is 4.74 Å². The van der Waals surface area contributed by atoms with Gasteiger partial charge in [-0.15, -0.1) is 0 Å². The first-order valence-corrected chi connectivity index (χ1v) is 5.11. The van der Waals surface area contributed by atoms with E-state index in [2.05, 4.69) is 0 Å². The first-order chi connectivity index (χ1) is 7.68. The number of ether oxygens (including phenoxy) is 1. The second-order valence-electron chi connectivity index (χ2n) is 4.41. The van der Waals surface area contributed by atoms with E-state index < -0.39 is 17.4 Å². The van der Waals surface area contributed by atoms with Crippen LogP contribution in [-0.2, 0) is 17.5 Å². The lowest BCUT2D eigenvalue weighted by molar-refractivity contribution is -0.137. The minimum Gasteiger partial charge on any atom is -0.373 e. The van der Waals surface area contributed by atoms with Crippen molar-refractivity contribution in [1.29, 1.82) is 0 Å². The standard InChI is InChI=1S/C12H14F4O/c1-11(2,13)8-17-7-9-3-5-10(6-4-9)12(14,15)16/h3-6H,7-8H2,1-2H3. The van der Waals surface area contributed by atoms with E-state index in [1.807, 2.05) is 0 Å². The molecule has 1 rings (SSSR count). The molecule has 0 fully saturated rings. The van der Waals surface area contributed by atoms with Gasteiger partial charge in [0.15, 0.2) is 0 Å². The summed E-state index contributed by atoms with van der Waals surface area (Å²) < 4.78 is 54.8. The molecule has 0 saturated carbocycles. The number of alkyl halides is 4. The first kappa shape index (κ1) is 14.0. The molecule has 0 aromatic heterocycles. The Balaban J connectivity index is 2.52. The van der Waals surface area contributed by atoms with Gasteiger partial charge in [0.2, 0.25) is 0 Å². The van der Waals surface area contributed by atoms with Crippen molar-refractivity contribution < 1.29 is 22.3 Å². The predicted molar refractivity (Wildman–Crippen MR) is 56.3 cm³/mol. The molecule has 0 aliphatic rings. The van der Waals surface area contributed by atoms with Crippen molar-refractivity contribution in [3.63, 3.8) is 0 Å². The maximum Gasteiger partial charge on any atom is 0.416 e. The molecule has 1 aromatic carbocycles. The fourth-order valence-electron chi connectivity index (χ4n) is 1.20. The molecule has 0 aliphatic carbocycles. The molecule has 96 valence electrons. The van der Waals surface area contributed by atoms with E-state index in [1.54, 1.807) is 0 Å². The lowest BCUT2D eigenvalue weighted by Crippen LogP contribution is -2.20. The third-order valence-electron chi connectivity index (χ3n) is 2.00. The number of rotatable bonds is 4. The van der Waals surface area contributed by atoms with Gasteiger partial charge in [-0.25, -0.2) is 4.39 Å². The lowest BCUT2D eigenvalue weighted by Gasteiger charge is -2.14. The zero-order chi connectivity index (χ0) is 13.1. The second kappa shape index (κ2) is 5.04. The van der Waals surface area contributed by atoms with Gasteiger partial charge in [0.05, 0.1) is 18.8 Å². The average molecular weight is 250 g/mol. The Kier molecular flexibility index (Phi) is 4.14. The molecular formula is C12H14F4O. The summed E-state index contributed by atoms with van der Waals surface area (Å²) >= 11 is 0. The highest BCUT2D eigenvalue weighted by molar-refractivity contribution is 5.24. The number of halogens is 4. The van der Waals surface area contributed by atoms with Crippen molar-refractivity contribution in [3.8, 4) is 0 Å². The first-order valence-electron chi connectivity index (χ1n) is 5.11. The van der Waals surface area contributed by atoms with Crippen LogP contribution in [0, 0.1) is 0 Å². The highest BCUT2D eigenvalue weighted by Gasteiger charge is 2.29. The van der Waals surface area contributed by atoms with Crippen LogP contribution in [0.1, 0.15) is 25.0 Å². The van der Waals surface area contributed by atoms with Crippen LogP contribution < -0.4 is 0 Å². The summed E-state index contributed by atoms with van der Waals surface area (Å²) in [5.74, 6) is 0. The molecule has 0 bridgehead atoms. The topological polar surface area (TPSA) is 9.23 Å². The molecule has 0 aliphatic heterocycles. The van der Waals surface area contributed by atoms with E-state index in [1.165, 1.54) is 26.0 Å². The summed E-state index contributed by atoms with van der Waals surface area (Å²) in [5.41, 5.74) is -1.55. The van der Waals surface area contributed by atoms with Crippen LogP contribution in [0.25, 0.3) is 0 Å². The molecule has 0 radical (unpaired) electrons. The van der Waals surface area contributed by atoms with E-state index in [0.717, 1.165) is 12.1 Å². The monoisotopic (exact) mass is 250 g/mol. The van der Waals surface area contributed by atoms with Crippen LogP contribution >= 0.6 is 0 Å². The van der Waals surface area contributed by atoms with Gasteiger partial charge >= 0.3 is 6.18 Å². The molecule has 17 heavy (non-hydrogen) atoms. The lowest BCUT2D eigenvalue weighted by atomic mass is 10.1. The maximum atomic E-state index is 13.0. The highest BCUT2D eigenvalue weighted by atomic mass is 19.4. The van der Waals surface area contributed by atoms with E-state index >= 15 is 0 Å². The molecule has 0 atom stereocenters. The van der Waals surface area contributed by atoms with Crippen molar-refractivity contribution in [2.45, 2.75) is 32.3 Å². The van der Waals surface area contributed by atoms with Crippen molar-refractivity contribution >= 4 is 0 Å². The van der Waals surface area contributed by atoms with Gasteiger partial charge in [0, 0.05) is 0 Å². The molecule has 0 saturated heterocycles. The fourth-order valence-corrected chi connectivity index (χ4v) is 1.20. The number of benzene rings is 1. The van der Waals surface area contributed by atoms with Crippen molar-refractivity contribution in [3.05, 3.63) is 35.4 Å². The summed E-state index contributed by atoms with van der Waals surface area (Å²) in [6.07, 6.45) is -4.33. The second-order valence-corrected chi connectivity index (χ2v) is 4.41. The van der Waals surface area contributed by atoms with E-state index in [0.29, 0.717) is 5.56 Å². The van der Waals surface area contributed by atoms with Gasteiger partial charge in [-0.3, -0.25) is 0 Å². The Morgan fingerprint density at radius 2 is 1.53 bits per heavy atom. The molecule has 0 N–H and O–H groups in total. The zero-order valence-corrected chi connectivity index (χ0v) is 9.64. The van der Waals surface area contributed by atoms with Gasteiger partial charge in [-0.05, 0) is 31.5 Å². The fraction of sp³-hybridized carbons (Fsp3) is 0.500. The Morgan fingerprint density at radius 1 is 1.00 bits per heavy atom.